The van der Waals surface area contributed by atoms with Crippen LogP contribution in [0.5, 0.6) is 0 Å². The summed E-state index contributed by atoms with van der Waals surface area (Å²) in [6.45, 7) is 6.34. The van der Waals surface area contributed by atoms with Crippen LogP contribution in [0.2, 0.25) is 5.02 Å². The Balaban J connectivity index is 1.49. The number of hydrogen-bond acceptors (Lipinski definition) is 2. The molecule has 0 unspecified atom stereocenters. The monoisotopic (exact) mass is 477 g/mol. The van der Waals surface area contributed by atoms with Crippen molar-refractivity contribution in [1.29, 1.82) is 0 Å². The molecular weight excluding hydrogens is 457 g/mol. The van der Waals surface area contributed by atoms with Gasteiger partial charge in [-0.2, -0.15) is 0 Å². The molecular formula is C22H22BrClFN3O. The average molecular weight is 479 g/mol. The van der Waals surface area contributed by atoms with Crippen molar-refractivity contribution in [2.45, 2.75) is 32.5 Å². The molecule has 4 nitrogen and oxygen atoms in total. The van der Waals surface area contributed by atoms with Gasteiger partial charge in [0.1, 0.15) is 11.5 Å². The number of piperazine rings is 1. The fourth-order valence-electron chi connectivity index (χ4n) is 3.92. The van der Waals surface area contributed by atoms with Crippen LogP contribution < -0.4 is 0 Å². The number of hydrogen-bond donors (Lipinski definition) is 1. The molecule has 2 aromatic carbocycles. The summed E-state index contributed by atoms with van der Waals surface area (Å²) in [5.41, 5.74) is 2.52. The number of halogens is 3. The van der Waals surface area contributed by atoms with Gasteiger partial charge in [-0.1, -0.05) is 23.7 Å². The van der Waals surface area contributed by atoms with E-state index < -0.39 is 0 Å². The number of rotatable bonds is 3. The Morgan fingerprint density at radius 2 is 1.90 bits per heavy atom. The van der Waals surface area contributed by atoms with Crippen molar-refractivity contribution in [2.75, 3.05) is 13.1 Å². The fourth-order valence-corrected chi connectivity index (χ4v) is 4.44. The van der Waals surface area contributed by atoms with E-state index in [1.807, 2.05) is 35.2 Å². The van der Waals surface area contributed by atoms with Crippen LogP contribution in [0.4, 0.5) is 4.39 Å². The van der Waals surface area contributed by atoms with Crippen LogP contribution in [-0.2, 0) is 6.54 Å². The molecule has 1 amide bonds. The minimum atomic E-state index is -0.225. The van der Waals surface area contributed by atoms with Gasteiger partial charge in [-0.15, -0.1) is 0 Å². The van der Waals surface area contributed by atoms with Gasteiger partial charge in [-0.3, -0.25) is 9.69 Å². The van der Waals surface area contributed by atoms with E-state index in [4.69, 9.17) is 11.6 Å². The lowest BCUT2D eigenvalue weighted by molar-refractivity contribution is 0.0287. The van der Waals surface area contributed by atoms with Crippen molar-refractivity contribution >= 4 is 44.3 Å². The summed E-state index contributed by atoms with van der Waals surface area (Å²) in [5, 5.41) is 1.53. The molecule has 7 heteroatoms. The summed E-state index contributed by atoms with van der Waals surface area (Å²) in [7, 11) is 0. The zero-order chi connectivity index (χ0) is 20.7. The van der Waals surface area contributed by atoms with Gasteiger partial charge >= 0.3 is 0 Å². The molecule has 2 heterocycles. The second kappa shape index (κ2) is 8.09. The van der Waals surface area contributed by atoms with Gasteiger partial charge in [0, 0.05) is 47.1 Å². The molecule has 4 rings (SSSR count). The van der Waals surface area contributed by atoms with Crippen LogP contribution >= 0.6 is 27.5 Å². The molecule has 1 saturated heterocycles. The first-order chi connectivity index (χ1) is 13.8. The van der Waals surface area contributed by atoms with Gasteiger partial charge in [0.25, 0.3) is 5.91 Å². The molecule has 1 fully saturated rings. The minimum Gasteiger partial charge on any atom is -0.350 e. The van der Waals surface area contributed by atoms with Crippen molar-refractivity contribution in [1.82, 2.24) is 14.8 Å². The van der Waals surface area contributed by atoms with Gasteiger partial charge in [0.15, 0.2) is 0 Å². The summed E-state index contributed by atoms with van der Waals surface area (Å²) < 4.78 is 14.0. The predicted molar refractivity (Wildman–Crippen MR) is 118 cm³/mol. The minimum absolute atomic E-state index is 0.00535. The van der Waals surface area contributed by atoms with Crippen LogP contribution in [0.3, 0.4) is 0 Å². The van der Waals surface area contributed by atoms with Crippen molar-refractivity contribution < 1.29 is 9.18 Å². The van der Waals surface area contributed by atoms with Crippen LogP contribution in [-0.4, -0.2) is 45.9 Å². The smallest absolute Gasteiger partial charge is 0.270 e. The lowest BCUT2D eigenvalue weighted by Crippen LogP contribution is -2.57. The Kier molecular flexibility index (Phi) is 5.69. The molecule has 1 aromatic heterocycles. The highest BCUT2D eigenvalue weighted by atomic mass is 79.9. The van der Waals surface area contributed by atoms with E-state index in [0.717, 1.165) is 34.0 Å². The Labute approximate surface area is 182 Å². The molecule has 1 aliphatic rings. The number of fused-ring (bicyclic) bond motifs is 1. The van der Waals surface area contributed by atoms with Crippen molar-refractivity contribution in [2.24, 2.45) is 0 Å². The summed E-state index contributed by atoms with van der Waals surface area (Å²) in [6.07, 6.45) is 0. The van der Waals surface area contributed by atoms with E-state index in [-0.39, 0.29) is 23.8 Å². The van der Waals surface area contributed by atoms with Gasteiger partial charge < -0.3 is 9.88 Å². The number of carbonyl (C=O) groups is 1. The fraction of sp³-hybridized carbons (Fsp3) is 0.318. The summed E-state index contributed by atoms with van der Waals surface area (Å²) in [4.78, 5) is 20.7. The zero-order valence-corrected chi connectivity index (χ0v) is 18.6. The van der Waals surface area contributed by atoms with E-state index >= 15 is 0 Å². The average Bonchev–Trinajstić information content (AvgIpc) is 3.08. The molecule has 0 saturated carbocycles. The maximum Gasteiger partial charge on any atom is 0.270 e. The number of benzene rings is 2. The number of carbonyl (C=O) groups excluding carboxylic acids is 1. The molecule has 1 N–H and O–H groups in total. The van der Waals surface area contributed by atoms with Crippen LogP contribution in [0.1, 0.15) is 29.9 Å². The van der Waals surface area contributed by atoms with Gasteiger partial charge in [-0.25, -0.2) is 4.39 Å². The number of H-pyrrole nitrogens is 1. The van der Waals surface area contributed by atoms with E-state index in [0.29, 0.717) is 17.3 Å². The summed E-state index contributed by atoms with van der Waals surface area (Å²) in [6, 6.07) is 12.5. The normalized spacial score (nSPS) is 20.4. The maximum absolute atomic E-state index is 13.2. The predicted octanol–water partition coefficient (Wildman–Crippen LogP) is 5.46. The maximum atomic E-state index is 13.2. The van der Waals surface area contributed by atoms with Crippen LogP contribution in [0.15, 0.2) is 46.9 Å². The SMILES string of the molecule is C[C@@H]1CN(C(=O)c2cc3cc(Cl)c(Br)cc3[nH]2)[C@@H](C)CN1Cc1ccc(F)cc1. The molecule has 29 heavy (non-hydrogen) atoms. The number of amides is 1. The molecule has 0 aliphatic carbocycles. The van der Waals surface area contributed by atoms with Crippen molar-refractivity contribution in [3.63, 3.8) is 0 Å². The van der Waals surface area contributed by atoms with Crippen LogP contribution in [0, 0.1) is 5.82 Å². The molecule has 152 valence electrons. The molecule has 1 aliphatic heterocycles. The molecule has 0 spiro atoms. The molecule has 0 bridgehead atoms. The second-order valence-electron chi connectivity index (χ2n) is 7.75. The topological polar surface area (TPSA) is 39.3 Å². The van der Waals surface area contributed by atoms with Gasteiger partial charge in [0.05, 0.1) is 5.02 Å². The van der Waals surface area contributed by atoms with E-state index in [2.05, 4.69) is 39.7 Å². The Hall–Kier alpha value is -1.89. The highest BCUT2D eigenvalue weighted by Crippen LogP contribution is 2.29. The summed E-state index contributed by atoms with van der Waals surface area (Å²) in [5.74, 6) is -0.230. The Morgan fingerprint density at radius 3 is 2.62 bits per heavy atom. The first kappa shape index (κ1) is 20.4. The quantitative estimate of drug-likeness (QED) is 0.543. The van der Waals surface area contributed by atoms with E-state index in [1.165, 1.54) is 12.1 Å². The largest absolute Gasteiger partial charge is 0.350 e. The highest BCUT2D eigenvalue weighted by Gasteiger charge is 2.33. The Bertz CT molecular complexity index is 1010. The van der Waals surface area contributed by atoms with E-state index in [9.17, 15) is 9.18 Å². The van der Waals surface area contributed by atoms with Crippen LogP contribution in [0.25, 0.3) is 10.9 Å². The first-order valence-corrected chi connectivity index (χ1v) is 10.8. The van der Waals surface area contributed by atoms with Gasteiger partial charge in [-0.05, 0) is 65.7 Å². The highest BCUT2D eigenvalue weighted by molar-refractivity contribution is 9.10. The summed E-state index contributed by atoms with van der Waals surface area (Å²) >= 11 is 9.60. The third kappa shape index (κ3) is 4.20. The third-order valence-corrected chi connectivity index (χ3v) is 6.76. The Morgan fingerprint density at radius 1 is 1.17 bits per heavy atom. The first-order valence-electron chi connectivity index (χ1n) is 9.59. The lowest BCUT2D eigenvalue weighted by atomic mass is 10.1. The number of aromatic amines is 1. The number of nitrogens with one attached hydrogen (secondary N) is 1. The second-order valence-corrected chi connectivity index (χ2v) is 9.01. The molecule has 2 atom stereocenters. The van der Waals surface area contributed by atoms with Gasteiger partial charge in [0.2, 0.25) is 0 Å². The van der Waals surface area contributed by atoms with Crippen molar-refractivity contribution in [3.8, 4) is 0 Å². The lowest BCUT2D eigenvalue weighted by Gasteiger charge is -2.44. The molecule has 0 radical (unpaired) electrons. The number of nitrogens with zero attached hydrogens (tertiary/aromatic N) is 2. The van der Waals surface area contributed by atoms with Crippen molar-refractivity contribution in [3.05, 3.63) is 69.0 Å². The third-order valence-electron chi connectivity index (χ3n) is 5.57. The standard InChI is InChI=1S/C22H22BrClFN3O/c1-13-11-28(14(2)10-27(13)12-15-3-5-17(25)6-4-15)22(29)21-8-16-7-19(24)18(23)9-20(16)26-21/h3-9,13-14,26H,10-12H2,1-2H3/t13-,14+/m1/s1. The number of aromatic nitrogens is 1. The zero-order valence-electron chi connectivity index (χ0n) is 16.3. The molecule has 3 aromatic rings. The van der Waals surface area contributed by atoms with E-state index in [1.54, 1.807) is 0 Å².